The molecular formula is C10H20N4. The van der Waals surface area contributed by atoms with E-state index in [1.54, 1.807) is 6.20 Å². The van der Waals surface area contributed by atoms with Gasteiger partial charge in [-0.25, -0.2) is 0 Å². The van der Waals surface area contributed by atoms with Crippen molar-refractivity contribution in [2.45, 2.75) is 45.7 Å². The van der Waals surface area contributed by atoms with Gasteiger partial charge in [0.15, 0.2) is 0 Å². The van der Waals surface area contributed by atoms with Crippen molar-refractivity contribution in [3.05, 3.63) is 12.4 Å². The van der Waals surface area contributed by atoms with Crippen molar-refractivity contribution in [3.63, 3.8) is 0 Å². The van der Waals surface area contributed by atoms with E-state index in [-0.39, 0.29) is 0 Å². The zero-order valence-corrected chi connectivity index (χ0v) is 9.11. The summed E-state index contributed by atoms with van der Waals surface area (Å²) in [4.78, 5) is 0. The summed E-state index contributed by atoms with van der Waals surface area (Å²) in [7, 11) is 0. The molecule has 1 aromatic rings. The fourth-order valence-corrected chi connectivity index (χ4v) is 1.24. The molecule has 14 heavy (non-hydrogen) atoms. The Kier molecular flexibility index (Phi) is 5.22. The molecule has 0 fully saturated rings. The van der Waals surface area contributed by atoms with Gasteiger partial charge in [-0.15, -0.1) is 5.10 Å². The first-order valence-electron chi connectivity index (χ1n) is 5.40. The molecule has 1 heterocycles. The summed E-state index contributed by atoms with van der Waals surface area (Å²) < 4.78 is 1.88. The van der Waals surface area contributed by atoms with Crippen LogP contribution in [-0.2, 0) is 6.54 Å². The minimum absolute atomic E-state index is 0.640. The van der Waals surface area contributed by atoms with E-state index in [0.29, 0.717) is 6.04 Å². The van der Waals surface area contributed by atoms with Gasteiger partial charge in [0.05, 0.1) is 6.20 Å². The Morgan fingerprint density at radius 1 is 1.43 bits per heavy atom. The molecule has 1 atom stereocenters. The number of hydrogen-bond acceptors (Lipinski definition) is 3. The van der Waals surface area contributed by atoms with Crippen molar-refractivity contribution < 1.29 is 0 Å². The lowest BCUT2D eigenvalue weighted by Crippen LogP contribution is -2.26. The Hall–Kier alpha value is -0.900. The number of nitrogens with one attached hydrogen (secondary N) is 1. The van der Waals surface area contributed by atoms with Gasteiger partial charge in [-0.2, -0.15) is 0 Å². The molecule has 1 rings (SSSR count). The fourth-order valence-electron chi connectivity index (χ4n) is 1.24. The van der Waals surface area contributed by atoms with Crippen LogP contribution in [0.4, 0.5) is 0 Å². The van der Waals surface area contributed by atoms with E-state index >= 15 is 0 Å². The molecule has 80 valence electrons. The molecule has 0 spiro atoms. The second-order valence-corrected chi connectivity index (χ2v) is 3.64. The average Bonchev–Trinajstić information content (AvgIpc) is 2.69. The lowest BCUT2D eigenvalue weighted by molar-refractivity contribution is 0.486. The fraction of sp³-hybridized carbons (Fsp3) is 0.800. The number of rotatable bonds is 7. The van der Waals surface area contributed by atoms with Gasteiger partial charge in [-0.1, -0.05) is 12.1 Å². The van der Waals surface area contributed by atoms with Gasteiger partial charge < -0.3 is 5.32 Å². The van der Waals surface area contributed by atoms with E-state index < -0.39 is 0 Å². The summed E-state index contributed by atoms with van der Waals surface area (Å²) in [5, 5.41) is 11.1. The summed E-state index contributed by atoms with van der Waals surface area (Å²) in [6, 6.07) is 0.640. The van der Waals surface area contributed by atoms with Crippen molar-refractivity contribution >= 4 is 0 Å². The molecule has 1 aromatic heterocycles. The lowest BCUT2D eigenvalue weighted by atomic mass is 10.2. The van der Waals surface area contributed by atoms with Crippen LogP contribution in [0.25, 0.3) is 0 Å². The van der Waals surface area contributed by atoms with Gasteiger partial charge in [0, 0.05) is 18.8 Å². The van der Waals surface area contributed by atoms with Crippen LogP contribution in [0.1, 0.15) is 33.1 Å². The van der Waals surface area contributed by atoms with E-state index in [0.717, 1.165) is 19.5 Å². The third kappa shape index (κ3) is 4.37. The van der Waals surface area contributed by atoms with Crippen LogP contribution in [0.15, 0.2) is 12.4 Å². The number of aryl methyl sites for hydroxylation is 1. The highest BCUT2D eigenvalue weighted by Crippen LogP contribution is 1.94. The van der Waals surface area contributed by atoms with Crippen LogP contribution in [0.5, 0.6) is 0 Å². The van der Waals surface area contributed by atoms with Gasteiger partial charge in [0.25, 0.3) is 0 Å². The van der Waals surface area contributed by atoms with E-state index in [9.17, 15) is 0 Å². The molecule has 0 aromatic carbocycles. The summed E-state index contributed by atoms with van der Waals surface area (Å²) >= 11 is 0. The summed E-state index contributed by atoms with van der Waals surface area (Å²) in [6.07, 6.45) is 7.18. The van der Waals surface area contributed by atoms with E-state index in [1.807, 2.05) is 10.9 Å². The van der Waals surface area contributed by atoms with Crippen molar-refractivity contribution in [1.29, 1.82) is 0 Å². The van der Waals surface area contributed by atoms with Crippen LogP contribution in [-0.4, -0.2) is 27.6 Å². The van der Waals surface area contributed by atoms with Gasteiger partial charge in [-0.05, 0) is 32.7 Å². The topological polar surface area (TPSA) is 42.7 Å². The van der Waals surface area contributed by atoms with Gasteiger partial charge in [-0.3, -0.25) is 4.68 Å². The Balaban J connectivity index is 1.95. The van der Waals surface area contributed by atoms with Gasteiger partial charge in [0.2, 0.25) is 0 Å². The second-order valence-electron chi connectivity index (χ2n) is 3.64. The number of unbranched alkanes of at least 4 members (excludes halogenated alkanes) is 1. The highest BCUT2D eigenvalue weighted by Gasteiger charge is 1.96. The third-order valence-corrected chi connectivity index (χ3v) is 2.39. The average molecular weight is 196 g/mol. The minimum Gasteiger partial charge on any atom is -0.314 e. The Morgan fingerprint density at radius 2 is 2.29 bits per heavy atom. The smallest absolute Gasteiger partial charge is 0.0692 e. The molecule has 1 N–H and O–H groups in total. The zero-order chi connectivity index (χ0) is 10.2. The van der Waals surface area contributed by atoms with E-state index in [1.165, 1.54) is 12.8 Å². The first-order chi connectivity index (χ1) is 6.83. The predicted octanol–water partition coefficient (Wildman–Crippen LogP) is 1.45. The first kappa shape index (κ1) is 11.2. The number of nitrogens with zero attached hydrogens (tertiary/aromatic N) is 3. The van der Waals surface area contributed by atoms with E-state index in [4.69, 9.17) is 0 Å². The quantitative estimate of drug-likeness (QED) is 0.671. The first-order valence-corrected chi connectivity index (χ1v) is 5.40. The normalized spacial score (nSPS) is 13.0. The van der Waals surface area contributed by atoms with E-state index in [2.05, 4.69) is 29.5 Å². The molecule has 0 radical (unpaired) electrons. The summed E-state index contributed by atoms with van der Waals surface area (Å²) in [6.45, 7) is 6.50. The maximum Gasteiger partial charge on any atom is 0.0692 e. The second kappa shape index (κ2) is 6.54. The van der Waals surface area contributed by atoms with Crippen LogP contribution in [0.3, 0.4) is 0 Å². The molecule has 0 saturated carbocycles. The molecule has 4 nitrogen and oxygen atoms in total. The summed E-state index contributed by atoms with van der Waals surface area (Å²) in [5.74, 6) is 0. The van der Waals surface area contributed by atoms with Crippen LogP contribution < -0.4 is 5.32 Å². The lowest BCUT2D eigenvalue weighted by Gasteiger charge is -2.10. The van der Waals surface area contributed by atoms with Gasteiger partial charge in [0.1, 0.15) is 0 Å². The highest BCUT2D eigenvalue weighted by atomic mass is 15.4. The maximum atomic E-state index is 3.91. The summed E-state index contributed by atoms with van der Waals surface area (Å²) in [5.41, 5.74) is 0. The Morgan fingerprint density at radius 3 is 2.93 bits per heavy atom. The molecule has 0 aliphatic heterocycles. The SMILES string of the molecule is CCC(C)NCCCCn1ccnn1. The molecule has 0 aliphatic carbocycles. The van der Waals surface area contributed by atoms with Crippen LogP contribution in [0.2, 0.25) is 0 Å². The molecule has 4 heteroatoms. The number of hydrogen-bond donors (Lipinski definition) is 1. The molecule has 0 saturated heterocycles. The van der Waals surface area contributed by atoms with Crippen LogP contribution >= 0.6 is 0 Å². The monoisotopic (exact) mass is 196 g/mol. The van der Waals surface area contributed by atoms with Crippen LogP contribution in [0, 0.1) is 0 Å². The largest absolute Gasteiger partial charge is 0.314 e. The molecule has 0 bridgehead atoms. The minimum atomic E-state index is 0.640. The predicted molar refractivity (Wildman–Crippen MR) is 57.0 cm³/mol. The van der Waals surface area contributed by atoms with Crippen molar-refractivity contribution in [2.75, 3.05) is 6.54 Å². The Bertz CT molecular complexity index is 220. The van der Waals surface area contributed by atoms with Gasteiger partial charge >= 0.3 is 0 Å². The zero-order valence-electron chi connectivity index (χ0n) is 9.11. The standard InChI is InChI=1S/C10H20N4/c1-3-10(2)11-6-4-5-8-14-9-7-12-13-14/h7,9-11H,3-6,8H2,1-2H3. The van der Waals surface area contributed by atoms with Crippen molar-refractivity contribution in [2.24, 2.45) is 0 Å². The molecular weight excluding hydrogens is 176 g/mol. The number of aromatic nitrogens is 3. The van der Waals surface area contributed by atoms with Crippen molar-refractivity contribution in [1.82, 2.24) is 20.3 Å². The molecule has 0 amide bonds. The Labute approximate surface area is 85.7 Å². The highest BCUT2D eigenvalue weighted by molar-refractivity contribution is 4.64. The third-order valence-electron chi connectivity index (χ3n) is 2.39. The molecule has 0 aliphatic rings. The van der Waals surface area contributed by atoms with Crippen molar-refractivity contribution in [3.8, 4) is 0 Å². The molecule has 1 unspecified atom stereocenters. The maximum absolute atomic E-state index is 3.91.